The minimum Gasteiger partial charge on any atom is -0.478 e. The third kappa shape index (κ3) is 8.95. The highest BCUT2D eigenvalue weighted by Gasteiger charge is 2.32. The summed E-state index contributed by atoms with van der Waals surface area (Å²) < 4.78 is 34.5. The highest BCUT2D eigenvalue weighted by molar-refractivity contribution is 5.49. The van der Waals surface area contributed by atoms with Gasteiger partial charge in [0.2, 0.25) is 0 Å². The number of benzene rings is 3. The Bertz CT molecular complexity index is 1440. The molecular weight excluding hydrogens is 618 g/mol. The monoisotopic (exact) mass is 673 g/mol. The van der Waals surface area contributed by atoms with Gasteiger partial charge in [-0.1, -0.05) is 31.2 Å². The van der Waals surface area contributed by atoms with Gasteiger partial charge in [-0.2, -0.15) is 0 Å². The van der Waals surface area contributed by atoms with E-state index in [1.165, 1.54) is 33.4 Å². The number of aryl methyl sites for hydroxylation is 1. The molecule has 3 aliphatic rings. The van der Waals surface area contributed by atoms with Gasteiger partial charge in [0, 0.05) is 103 Å². The Morgan fingerprint density at radius 1 is 0.571 bits per heavy atom. The first-order valence-corrected chi connectivity index (χ1v) is 17.9. The summed E-state index contributed by atoms with van der Waals surface area (Å²) in [6, 6.07) is 20.5. The zero-order valence-corrected chi connectivity index (χ0v) is 30.0. The number of methoxy groups -OCH3 is 3. The van der Waals surface area contributed by atoms with Crippen molar-refractivity contribution in [2.24, 2.45) is 0 Å². The molecule has 0 aromatic heterocycles. The molecule has 3 aromatic rings. The molecule has 0 N–H and O–H groups in total. The summed E-state index contributed by atoms with van der Waals surface area (Å²) in [5.41, 5.74) is 7.49. The summed E-state index contributed by atoms with van der Waals surface area (Å²) in [5, 5.41) is 0. The molecule has 0 saturated carbocycles. The molecule has 0 fully saturated rings. The fourth-order valence-electron chi connectivity index (χ4n) is 7.35. The number of nitrogens with zero attached hydrogens (tertiary/aromatic N) is 3. The smallest absolute Gasteiger partial charge is 0.142 e. The van der Waals surface area contributed by atoms with Crippen molar-refractivity contribution in [2.45, 2.75) is 64.1 Å². The first kappa shape index (κ1) is 35.6. The van der Waals surface area contributed by atoms with Crippen LogP contribution < -0.4 is 14.2 Å². The summed E-state index contributed by atoms with van der Waals surface area (Å²) in [6.07, 6.45) is 4.88. The maximum atomic E-state index is 6.22. The van der Waals surface area contributed by atoms with Gasteiger partial charge in [-0.05, 0) is 79.1 Å². The Morgan fingerprint density at radius 2 is 0.980 bits per heavy atom. The van der Waals surface area contributed by atoms with Crippen molar-refractivity contribution in [3.63, 3.8) is 0 Å². The second-order valence-corrected chi connectivity index (χ2v) is 13.9. The molecule has 0 aliphatic carbocycles. The third-order valence-electron chi connectivity index (χ3n) is 10.3. The molecule has 3 aromatic carbocycles. The van der Waals surface area contributed by atoms with E-state index < -0.39 is 0 Å². The molecule has 0 bridgehead atoms. The zero-order chi connectivity index (χ0) is 34.1. The maximum absolute atomic E-state index is 6.22. The molecule has 9 nitrogen and oxygen atoms in total. The largest absolute Gasteiger partial charge is 0.478 e. The summed E-state index contributed by atoms with van der Waals surface area (Å²) in [5.74, 6) is 2.98. The lowest BCUT2D eigenvalue weighted by Crippen LogP contribution is -2.34. The lowest BCUT2D eigenvalue weighted by atomic mass is 9.71. The highest BCUT2D eigenvalue weighted by Crippen LogP contribution is 2.42. The van der Waals surface area contributed by atoms with E-state index in [9.17, 15) is 0 Å². The summed E-state index contributed by atoms with van der Waals surface area (Å²) in [4.78, 5) is 7.09. The van der Waals surface area contributed by atoms with Crippen molar-refractivity contribution in [1.82, 2.24) is 14.7 Å². The minimum absolute atomic E-state index is 0.237. The van der Waals surface area contributed by atoms with Crippen LogP contribution in [0.1, 0.15) is 66.0 Å². The van der Waals surface area contributed by atoms with Crippen molar-refractivity contribution in [2.75, 3.05) is 81.0 Å². The molecule has 0 atom stereocenters. The van der Waals surface area contributed by atoms with Gasteiger partial charge in [0.05, 0.1) is 0 Å². The summed E-state index contributed by atoms with van der Waals surface area (Å²) >= 11 is 0. The van der Waals surface area contributed by atoms with E-state index in [4.69, 9.17) is 28.4 Å². The molecule has 266 valence electrons. The Morgan fingerprint density at radius 3 is 1.41 bits per heavy atom. The number of fused-ring (bicyclic) bond motifs is 3. The van der Waals surface area contributed by atoms with Gasteiger partial charge in [-0.3, -0.25) is 14.7 Å². The Labute approximate surface area is 293 Å². The molecule has 9 heteroatoms. The summed E-state index contributed by atoms with van der Waals surface area (Å²) in [7, 11) is 5.28. The first-order chi connectivity index (χ1) is 24.0. The van der Waals surface area contributed by atoms with Gasteiger partial charge < -0.3 is 28.4 Å². The fourth-order valence-corrected chi connectivity index (χ4v) is 7.35. The van der Waals surface area contributed by atoms with Crippen LogP contribution in [-0.2, 0) is 45.7 Å². The second kappa shape index (κ2) is 17.2. The topological polar surface area (TPSA) is 65.1 Å². The summed E-state index contributed by atoms with van der Waals surface area (Å²) in [6.45, 7) is 12.1. The molecule has 0 saturated heterocycles. The van der Waals surface area contributed by atoms with E-state index in [0.717, 1.165) is 108 Å². The van der Waals surface area contributed by atoms with E-state index in [-0.39, 0.29) is 5.41 Å². The lowest BCUT2D eigenvalue weighted by Gasteiger charge is -2.36. The SMILES string of the molecule is COCCCN1COc2ccc(CCC(C)(c3ccc4c(c3)CN(CCCOC)CO4)c3ccc4c(c3)CN(CCCOC)CO4)cc2C1. The minimum atomic E-state index is -0.237. The van der Waals surface area contributed by atoms with Crippen molar-refractivity contribution >= 4 is 0 Å². The predicted octanol–water partition coefficient (Wildman–Crippen LogP) is 6.19. The second-order valence-electron chi connectivity index (χ2n) is 13.9. The number of hydrogen-bond acceptors (Lipinski definition) is 9. The van der Waals surface area contributed by atoms with Crippen LogP contribution in [0.15, 0.2) is 54.6 Å². The quantitative estimate of drug-likeness (QED) is 0.156. The molecule has 0 amide bonds. The molecular formula is C40H55N3O6. The van der Waals surface area contributed by atoms with Crippen molar-refractivity contribution in [3.8, 4) is 17.2 Å². The van der Waals surface area contributed by atoms with E-state index >= 15 is 0 Å². The fraction of sp³-hybridized carbons (Fsp3) is 0.550. The van der Waals surface area contributed by atoms with Gasteiger partial charge in [0.25, 0.3) is 0 Å². The molecule has 0 spiro atoms. The first-order valence-electron chi connectivity index (χ1n) is 17.9. The third-order valence-corrected chi connectivity index (χ3v) is 10.3. The van der Waals surface area contributed by atoms with E-state index in [1.807, 2.05) is 0 Å². The molecule has 3 aliphatic heterocycles. The van der Waals surface area contributed by atoms with Gasteiger partial charge in [0.15, 0.2) is 0 Å². The van der Waals surface area contributed by atoms with Gasteiger partial charge >= 0.3 is 0 Å². The van der Waals surface area contributed by atoms with Crippen LogP contribution in [0.3, 0.4) is 0 Å². The molecule has 0 unspecified atom stereocenters. The van der Waals surface area contributed by atoms with E-state index in [2.05, 4.69) is 76.2 Å². The van der Waals surface area contributed by atoms with E-state index in [0.29, 0.717) is 20.2 Å². The van der Waals surface area contributed by atoms with Crippen LogP contribution in [-0.4, -0.2) is 95.7 Å². The van der Waals surface area contributed by atoms with Crippen LogP contribution in [0.2, 0.25) is 0 Å². The lowest BCUT2D eigenvalue weighted by molar-refractivity contribution is 0.0833. The van der Waals surface area contributed by atoms with Crippen LogP contribution in [0.5, 0.6) is 17.2 Å². The Kier molecular flexibility index (Phi) is 12.5. The van der Waals surface area contributed by atoms with Crippen LogP contribution >= 0.6 is 0 Å². The normalized spacial score (nSPS) is 16.7. The van der Waals surface area contributed by atoms with Crippen molar-refractivity contribution in [3.05, 3.63) is 88.0 Å². The van der Waals surface area contributed by atoms with Crippen molar-refractivity contribution < 1.29 is 28.4 Å². The van der Waals surface area contributed by atoms with Gasteiger partial charge in [-0.15, -0.1) is 0 Å². The number of ether oxygens (including phenoxy) is 6. The molecule has 3 heterocycles. The average molecular weight is 674 g/mol. The average Bonchev–Trinajstić information content (AvgIpc) is 3.13. The van der Waals surface area contributed by atoms with Gasteiger partial charge in [0.1, 0.15) is 37.4 Å². The van der Waals surface area contributed by atoms with Crippen LogP contribution in [0, 0.1) is 0 Å². The zero-order valence-electron chi connectivity index (χ0n) is 30.0. The predicted molar refractivity (Wildman–Crippen MR) is 191 cm³/mol. The molecule has 6 rings (SSSR count). The van der Waals surface area contributed by atoms with E-state index in [1.54, 1.807) is 21.3 Å². The van der Waals surface area contributed by atoms with Gasteiger partial charge in [-0.25, -0.2) is 0 Å². The standard InChI is InChI=1S/C40H55N3O6/c1-40(35-9-12-38-33(23-35)26-42(29-48-38)17-6-20-45-3,36-10-13-39-34(24-36)27-43(30-49-39)18-7-21-46-4)15-14-31-8-11-37-32(22-31)25-41(28-47-37)16-5-19-44-2/h8-13,22-24H,5-7,14-21,25-30H2,1-4H3. The Balaban J connectivity index is 1.26. The van der Waals surface area contributed by atoms with Crippen LogP contribution in [0.25, 0.3) is 0 Å². The maximum Gasteiger partial charge on any atom is 0.142 e. The molecule has 49 heavy (non-hydrogen) atoms. The van der Waals surface area contributed by atoms with Crippen LogP contribution in [0.4, 0.5) is 0 Å². The highest BCUT2D eigenvalue weighted by atomic mass is 16.5. The number of hydrogen-bond donors (Lipinski definition) is 0. The van der Waals surface area contributed by atoms with Crippen molar-refractivity contribution in [1.29, 1.82) is 0 Å². The Hall–Kier alpha value is -3.18. The number of rotatable bonds is 17. The molecule has 0 radical (unpaired) electrons.